The zero-order chi connectivity index (χ0) is 18.6. The molecule has 0 amide bonds. The second-order valence-corrected chi connectivity index (χ2v) is 5.49. The third kappa shape index (κ3) is 4.20. The number of hydrogen-bond donors (Lipinski definition) is 1. The van der Waals surface area contributed by atoms with E-state index in [0.717, 1.165) is 18.1 Å². The summed E-state index contributed by atoms with van der Waals surface area (Å²) in [5, 5.41) is 10.9. The fourth-order valence-electron chi connectivity index (χ4n) is 2.25. The summed E-state index contributed by atoms with van der Waals surface area (Å²) in [4.78, 5) is 34.7. The first-order valence-corrected chi connectivity index (χ1v) is 7.71. The number of nitro groups is 1. The number of Topliss-reactive ketones (excluding diaryl/α,β-unsaturated/α-hetero) is 1. The Hall–Kier alpha value is -3.22. The highest BCUT2D eigenvalue weighted by molar-refractivity contribution is 6.01. The maximum absolute atomic E-state index is 12.3. The summed E-state index contributed by atoms with van der Waals surface area (Å²) in [6.45, 7) is 3.46. The zero-order valence-electron chi connectivity index (χ0n) is 13.9. The summed E-state index contributed by atoms with van der Waals surface area (Å²) in [6, 6.07) is 10.6. The van der Waals surface area contributed by atoms with Crippen molar-refractivity contribution in [1.82, 2.24) is 0 Å². The molecule has 2 aromatic rings. The van der Waals surface area contributed by atoms with E-state index in [2.05, 4.69) is 0 Å². The van der Waals surface area contributed by atoms with Crippen LogP contribution in [0.4, 0.5) is 11.4 Å². The first kappa shape index (κ1) is 18.1. The molecule has 2 rings (SSSR count). The van der Waals surface area contributed by atoms with Gasteiger partial charge in [-0.05, 0) is 31.0 Å². The molecule has 0 aliphatic carbocycles. The van der Waals surface area contributed by atoms with E-state index in [1.165, 1.54) is 19.1 Å². The van der Waals surface area contributed by atoms with Gasteiger partial charge in [0, 0.05) is 11.6 Å². The Bertz CT molecular complexity index is 815. The van der Waals surface area contributed by atoms with Gasteiger partial charge in [-0.25, -0.2) is 4.79 Å². The van der Waals surface area contributed by atoms with Crippen molar-refractivity contribution in [3.63, 3.8) is 0 Å². The highest BCUT2D eigenvalue weighted by Gasteiger charge is 2.22. The van der Waals surface area contributed by atoms with Crippen LogP contribution in [0.3, 0.4) is 0 Å². The number of rotatable bonds is 6. The molecule has 25 heavy (non-hydrogen) atoms. The van der Waals surface area contributed by atoms with Gasteiger partial charge in [-0.15, -0.1) is 0 Å². The van der Waals surface area contributed by atoms with Crippen LogP contribution in [0.2, 0.25) is 0 Å². The van der Waals surface area contributed by atoms with Gasteiger partial charge < -0.3 is 10.5 Å². The Morgan fingerprint density at radius 1 is 1.16 bits per heavy atom. The van der Waals surface area contributed by atoms with Crippen molar-refractivity contribution in [2.75, 3.05) is 5.73 Å². The molecule has 0 aliphatic rings. The summed E-state index contributed by atoms with van der Waals surface area (Å²) in [5.41, 5.74) is 6.54. The van der Waals surface area contributed by atoms with Gasteiger partial charge in [0.15, 0.2) is 6.10 Å². The third-order valence-electron chi connectivity index (χ3n) is 3.76. The van der Waals surface area contributed by atoms with Gasteiger partial charge in [-0.1, -0.05) is 31.2 Å². The summed E-state index contributed by atoms with van der Waals surface area (Å²) in [7, 11) is 0. The Kier molecular flexibility index (Phi) is 5.49. The number of ether oxygens (including phenoxy) is 1. The van der Waals surface area contributed by atoms with Crippen molar-refractivity contribution in [2.24, 2.45) is 0 Å². The summed E-state index contributed by atoms with van der Waals surface area (Å²) in [5.74, 6) is -1.17. The number of anilines is 1. The molecule has 130 valence electrons. The van der Waals surface area contributed by atoms with E-state index in [9.17, 15) is 19.7 Å². The van der Waals surface area contributed by atoms with Gasteiger partial charge in [-0.2, -0.15) is 0 Å². The Balaban J connectivity index is 2.12. The van der Waals surface area contributed by atoms with Crippen molar-refractivity contribution >= 4 is 23.1 Å². The average Bonchev–Trinajstić information content (AvgIpc) is 2.61. The number of nitrogens with two attached hydrogens (primary N) is 1. The molecule has 0 saturated heterocycles. The first-order chi connectivity index (χ1) is 11.8. The molecular formula is C18H18N2O5. The molecule has 0 spiro atoms. The normalized spacial score (nSPS) is 11.6. The maximum atomic E-state index is 12.3. The van der Waals surface area contributed by atoms with Crippen LogP contribution in [0.25, 0.3) is 0 Å². The molecule has 1 atom stereocenters. The number of benzene rings is 2. The number of aryl methyl sites for hydroxylation is 1. The van der Waals surface area contributed by atoms with Gasteiger partial charge in [0.05, 0.1) is 10.5 Å². The van der Waals surface area contributed by atoms with Crippen LogP contribution in [0, 0.1) is 10.1 Å². The van der Waals surface area contributed by atoms with Gasteiger partial charge in [-0.3, -0.25) is 14.9 Å². The van der Waals surface area contributed by atoms with Gasteiger partial charge in [0.25, 0.3) is 5.69 Å². The van der Waals surface area contributed by atoms with E-state index < -0.39 is 17.0 Å². The molecule has 1 unspecified atom stereocenters. The lowest BCUT2D eigenvalue weighted by atomic mass is 10.0. The van der Waals surface area contributed by atoms with E-state index in [1.54, 1.807) is 12.1 Å². The van der Waals surface area contributed by atoms with E-state index in [4.69, 9.17) is 10.5 Å². The quantitative estimate of drug-likeness (QED) is 0.284. The molecule has 0 radical (unpaired) electrons. The average molecular weight is 342 g/mol. The minimum absolute atomic E-state index is 0.0399. The molecule has 2 aromatic carbocycles. The minimum atomic E-state index is -1.02. The molecule has 7 heteroatoms. The number of nitrogen functional groups attached to an aromatic ring is 1. The molecule has 0 aromatic heterocycles. The molecule has 7 nitrogen and oxygen atoms in total. The Labute approximate surface area is 144 Å². The molecule has 0 aliphatic heterocycles. The van der Waals surface area contributed by atoms with E-state index in [-0.39, 0.29) is 22.7 Å². The molecule has 0 heterocycles. The summed E-state index contributed by atoms with van der Waals surface area (Å²) >= 11 is 0. The monoisotopic (exact) mass is 342 g/mol. The Morgan fingerprint density at radius 3 is 2.32 bits per heavy atom. The lowest BCUT2D eigenvalue weighted by molar-refractivity contribution is -0.383. The van der Waals surface area contributed by atoms with Crippen LogP contribution >= 0.6 is 0 Å². The van der Waals surface area contributed by atoms with Crippen molar-refractivity contribution in [3.8, 4) is 0 Å². The summed E-state index contributed by atoms with van der Waals surface area (Å²) in [6.07, 6.45) is -0.161. The first-order valence-electron chi connectivity index (χ1n) is 7.71. The number of nitrogens with zero attached hydrogens (tertiary/aromatic N) is 1. The maximum Gasteiger partial charge on any atom is 0.339 e. The van der Waals surface area contributed by atoms with Crippen molar-refractivity contribution < 1.29 is 19.2 Å². The second kappa shape index (κ2) is 7.57. The topological polar surface area (TPSA) is 113 Å². The lowest BCUT2D eigenvalue weighted by Gasteiger charge is -2.13. The van der Waals surface area contributed by atoms with E-state index >= 15 is 0 Å². The van der Waals surface area contributed by atoms with Crippen LogP contribution in [-0.4, -0.2) is 22.8 Å². The predicted octanol–water partition coefficient (Wildman–Crippen LogP) is 3.17. The van der Waals surface area contributed by atoms with Crippen LogP contribution in [0.5, 0.6) is 0 Å². The molecule has 0 saturated carbocycles. The fraction of sp³-hybridized carbons (Fsp3) is 0.222. The smallest absolute Gasteiger partial charge is 0.339 e. The highest BCUT2D eigenvalue weighted by atomic mass is 16.6. The van der Waals surface area contributed by atoms with Crippen LogP contribution in [0.15, 0.2) is 42.5 Å². The van der Waals surface area contributed by atoms with Crippen LogP contribution in [-0.2, 0) is 11.2 Å². The largest absolute Gasteiger partial charge is 0.451 e. The predicted molar refractivity (Wildman–Crippen MR) is 92.5 cm³/mol. The standard InChI is InChI=1S/C18H18N2O5/c1-3-12-4-6-13(7-5-12)17(21)11(2)25-18(22)14-8-9-15(19)16(10-14)20(23)24/h4-11H,3,19H2,1-2H3. The summed E-state index contributed by atoms with van der Waals surface area (Å²) < 4.78 is 5.13. The SMILES string of the molecule is CCc1ccc(C(=O)C(C)OC(=O)c2ccc(N)c([N+](=O)[O-])c2)cc1. The van der Waals surface area contributed by atoms with Gasteiger partial charge in [0.2, 0.25) is 5.78 Å². The zero-order valence-corrected chi connectivity index (χ0v) is 13.9. The molecule has 2 N–H and O–H groups in total. The fourth-order valence-corrected chi connectivity index (χ4v) is 2.25. The van der Waals surface area contributed by atoms with Crippen molar-refractivity contribution in [2.45, 2.75) is 26.4 Å². The number of hydrogen-bond acceptors (Lipinski definition) is 6. The molecule has 0 bridgehead atoms. The molecular weight excluding hydrogens is 324 g/mol. The lowest BCUT2D eigenvalue weighted by Crippen LogP contribution is -2.24. The van der Waals surface area contributed by atoms with Crippen molar-refractivity contribution in [1.29, 1.82) is 0 Å². The third-order valence-corrected chi connectivity index (χ3v) is 3.76. The van der Waals surface area contributed by atoms with E-state index in [0.29, 0.717) is 5.56 Å². The number of carbonyl (C=O) groups is 2. The van der Waals surface area contributed by atoms with Gasteiger partial charge >= 0.3 is 5.97 Å². The number of esters is 1. The van der Waals surface area contributed by atoms with Crippen LogP contribution < -0.4 is 5.73 Å². The van der Waals surface area contributed by atoms with Gasteiger partial charge in [0.1, 0.15) is 5.69 Å². The second-order valence-electron chi connectivity index (χ2n) is 5.49. The number of ketones is 1. The van der Waals surface area contributed by atoms with Crippen LogP contribution in [0.1, 0.15) is 40.1 Å². The van der Waals surface area contributed by atoms with E-state index in [1.807, 2.05) is 19.1 Å². The highest BCUT2D eigenvalue weighted by Crippen LogP contribution is 2.23. The Morgan fingerprint density at radius 2 is 1.76 bits per heavy atom. The molecule has 0 fully saturated rings. The van der Waals surface area contributed by atoms with Crippen molar-refractivity contribution in [3.05, 3.63) is 69.3 Å². The minimum Gasteiger partial charge on any atom is -0.451 e. The number of carbonyl (C=O) groups excluding carboxylic acids is 2. The number of nitro benzene ring substituents is 1.